The number of rotatable bonds is 7. The Labute approximate surface area is 168 Å². The number of hydrogen-bond donors (Lipinski definition) is 2. The number of pyridine rings is 1. The smallest absolute Gasteiger partial charge is 0.407 e. The van der Waals surface area contributed by atoms with E-state index in [2.05, 4.69) is 20.3 Å². The van der Waals surface area contributed by atoms with Gasteiger partial charge in [0.1, 0.15) is 17.9 Å². The molecule has 0 saturated heterocycles. The first-order valence-corrected chi connectivity index (χ1v) is 9.23. The Hall–Kier alpha value is -3.33. The normalized spacial score (nSPS) is 17.1. The molecule has 0 bridgehead atoms. The van der Waals surface area contributed by atoms with Crippen LogP contribution in [0.2, 0.25) is 0 Å². The molecule has 156 valence electrons. The average Bonchev–Trinajstić information content (AvgIpc) is 3.06. The Morgan fingerprint density at radius 3 is 2.72 bits per heavy atom. The van der Waals surface area contributed by atoms with Gasteiger partial charge in [-0.3, -0.25) is 19.4 Å². The van der Waals surface area contributed by atoms with Crippen LogP contribution in [-0.2, 0) is 16.0 Å². The highest BCUT2D eigenvalue weighted by atomic mass is 16.4. The molecule has 0 saturated carbocycles. The Bertz CT molecular complexity index is 837. The number of carboxylic acid groups (broad SMARTS) is 1. The van der Waals surface area contributed by atoms with Gasteiger partial charge in [-0.25, -0.2) is 9.78 Å². The number of likely N-dealkylation sites (N-methyl/N-ethyl adjacent to an activating group) is 1. The molecule has 1 aromatic rings. The van der Waals surface area contributed by atoms with Gasteiger partial charge in [0.25, 0.3) is 5.91 Å². The van der Waals surface area contributed by atoms with Crippen LogP contribution in [-0.4, -0.2) is 64.6 Å². The van der Waals surface area contributed by atoms with Crippen molar-refractivity contribution in [2.45, 2.75) is 45.3 Å². The van der Waals surface area contributed by atoms with E-state index < -0.39 is 30.1 Å². The van der Waals surface area contributed by atoms with E-state index in [1.54, 1.807) is 26.1 Å². The van der Waals surface area contributed by atoms with E-state index in [-0.39, 0.29) is 18.4 Å². The van der Waals surface area contributed by atoms with Crippen LogP contribution in [0.25, 0.3) is 10.4 Å². The zero-order valence-corrected chi connectivity index (χ0v) is 16.8. The van der Waals surface area contributed by atoms with Gasteiger partial charge in [-0.2, -0.15) is 0 Å². The Morgan fingerprint density at radius 2 is 2.14 bits per heavy atom. The fourth-order valence-corrected chi connectivity index (χ4v) is 3.16. The standard InChI is InChI=1S/C18H25N7O4/c1-10(2)14(22-16(26)11(3)24(4)18(28)29)17(27)25-13(9-21-23-19)8-12-6-5-7-20-15(12)25/h5-7,10-11,13-14H,8-9H2,1-4H3,(H,22,26)(H,28,29)/t11-,13-,14-/m0/s1. The van der Waals surface area contributed by atoms with Crippen LogP contribution in [0, 0.1) is 5.92 Å². The molecule has 2 rings (SSSR count). The minimum Gasteiger partial charge on any atom is -0.465 e. The largest absolute Gasteiger partial charge is 0.465 e. The lowest BCUT2D eigenvalue weighted by molar-refractivity contribution is -0.131. The van der Waals surface area contributed by atoms with Crippen molar-refractivity contribution in [2.24, 2.45) is 11.0 Å². The molecule has 11 heteroatoms. The van der Waals surface area contributed by atoms with Crippen molar-refractivity contribution in [1.29, 1.82) is 0 Å². The summed E-state index contributed by atoms with van der Waals surface area (Å²) >= 11 is 0. The molecule has 3 amide bonds. The van der Waals surface area contributed by atoms with Gasteiger partial charge in [0.2, 0.25) is 5.91 Å². The summed E-state index contributed by atoms with van der Waals surface area (Å²) in [4.78, 5) is 46.5. The fraction of sp³-hybridized carbons (Fsp3) is 0.556. The number of carbonyl (C=O) groups is 3. The predicted molar refractivity (Wildman–Crippen MR) is 105 cm³/mol. The van der Waals surface area contributed by atoms with Crippen molar-refractivity contribution in [1.82, 2.24) is 15.2 Å². The summed E-state index contributed by atoms with van der Waals surface area (Å²) in [6.45, 7) is 5.09. The molecule has 1 aromatic heterocycles. The molecular weight excluding hydrogens is 378 g/mol. The van der Waals surface area contributed by atoms with Gasteiger partial charge < -0.3 is 10.4 Å². The second-order valence-corrected chi connectivity index (χ2v) is 7.27. The van der Waals surface area contributed by atoms with E-state index in [1.807, 2.05) is 6.07 Å². The first-order chi connectivity index (χ1) is 13.7. The van der Waals surface area contributed by atoms with Crippen molar-refractivity contribution < 1.29 is 19.5 Å². The van der Waals surface area contributed by atoms with Crippen LogP contribution >= 0.6 is 0 Å². The van der Waals surface area contributed by atoms with Crippen LogP contribution in [0.15, 0.2) is 23.4 Å². The van der Waals surface area contributed by atoms with E-state index in [9.17, 15) is 14.4 Å². The van der Waals surface area contributed by atoms with Crippen LogP contribution in [0.1, 0.15) is 26.3 Å². The molecule has 0 spiro atoms. The minimum absolute atomic E-state index is 0.0789. The zero-order chi connectivity index (χ0) is 21.7. The molecule has 11 nitrogen and oxygen atoms in total. The maximum atomic E-state index is 13.4. The summed E-state index contributed by atoms with van der Waals surface area (Å²) in [7, 11) is 1.29. The Kier molecular flexibility index (Phi) is 7.00. The molecular formula is C18H25N7O4. The monoisotopic (exact) mass is 403 g/mol. The number of nitrogens with zero attached hydrogens (tertiary/aromatic N) is 6. The molecule has 1 aliphatic heterocycles. The third-order valence-electron chi connectivity index (χ3n) is 5.00. The average molecular weight is 403 g/mol. The van der Waals surface area contributed by atoms with Gasteiger partial charge in [0, 0.05) is 30.7 Å². The third-order valence-corrected chi connectivity index (χ3v) is 5.00. The first-order valence-electron chi connectivity index (χ1n) is 9.23. The second kappa shape index (κ2) is 9.24. The Morgan fingerprint density at radius 1 is 1.45 bits per heavy atom. The quantitative estimate of drug-likeness (QED) is 0.404. The number of azide groups is 1. The maximum Gasteiger partial charge on any atom is 0.407 e. The molecule has 0 unspecified atom stereocenters. The van der Waals surface area contributed by atoms with Crippen molar-refractivity contribution in [3.63, 3.8) is 0 Å². The number of amides is 3. The summed E-state index contributed by atoms with van der Waals surface area (Å²) in [5.74, 6) is -0.740. The van der Waals surface area contributed by atoms with E-state index in [4.69, 9.17) is 10.6 Å². The number of carbonyl (C=O) groups excluding carboxylic acids is 2. The van der Waals surface area contributed by atoms with Gasteiger partial charge in [0.15, 0.2) is 0 Å². The number of fused-ring (bicyclic) bond motifs is 1. The minimum atomic E-state index is -1.24. The number of nitrogens with one attached hydrogen (secondary N) is 1. The van der Waals surface area contributed by atoms with Crippen LogP contribution in [0.4, 0.5) is 10.6 Å². The lowest BCUT2D eigenvalue weighted by atomic mass is 10.0. The molecule has 3 atom stereocenters. The highest BCUT2D eigenvalue weighted by Crippen LogP contribution is 2.31. The molecule has 0 radical (unpaired) electrons. The van der Waals surface area contributed by atoms with Gasteiger partial charge in [-0.1, -0.05) is 25.0 Å². The van der Waals surface area contributed by atoms with Gasteiger partial charge in [-0.15, -0.1) is 0 Å². The van der Waals surface area contributed by atoms with E-state index in [0.29, 0.717) is 12.2 Å². The highest BCUT2D eigenvalue weighted by molar-refractivity contribution is 6.01. The zero-order valence-electron chi connectivity index (χ0n) is 16.8. The molecule has 0 aromatic carbocycles. The highest BCUT2D eigenvalue weighted by Gasteiger charge is 2.39. The summed E-state index contributed by atoms with van der Waals surface area (Å²) < 4.78 is 0. The van der Waals surface area contributed by atoms with Crippen LogP contribution in [0.5, 0.6) is 0 Å². The van der Waals surface area contributed by atoms with Gasteiger partial charge in [0.05, 0.1) is 0 Å². The maximum absolute atomic E-state index is 13.4. The lowest BCUT2D eigenvalue weighted by Gasteiger charge is -2.31. The SMILES string of the molecule is CC(C)[C@H](NC(=O)[C@H](C)N(C)C(=O)O)C(=O)N1c2ncccc2C[C@H]1CN=[N+]=[N-]. The number of hydrogen-bond acceptors (Lipinski definition) is 5. The summed E-state index contributed by atoms with van der Waals surface area (Å²) in [6.07, 6.45) is 0.819. The molecule has 2 heterocycles. The van der Waals surface area contributed by atoms with Crippen molar-refractivity contribution >= 4 is 23.7 Å². The molecule has 29 heavy (non-hydrogen) atoms. The van der Waals surface area contributed by atoms with Gasteiger partial charge >= 0.3 is 6.09 Å². The lowest BCUT2D eigenvalue weighted by Crippen LogP contribution is -2.57. The summed E-state index contributed by atoms with van der Waals surface area (Å²) in [5.41, 5.74) is 9.53. The van der Waals surface area contributed by atoms with E-state index >= 15 is 0 Å². The van der Waals surface area contributed by atoms with Crippen molar-refractivity contribution in [3.05, 3.63) is 34.3 Å². The van der Waals surface area contributed by atoms with Crippen molar-refractivity contribution in [3.8, 4) is 0 Å². The van der Waals surface area contributed by atoms with Crippen LogP contribution < -0.4 is 10.2 Å². The van der Waals surface area contributed by atoms with E-state index in [0.717, 1.165) is 10.5 Å². The summed E-state index contributed by atoms with van der Waals surface area (Å²) in [6, 6.07) is 1.35. The van der Waals surface area contributed by atoms with Crippen molar-refractivity contribution in [2.75, 3.05) is 18.5 Å². The van der Waals surface area contributed by atoms with Crippen LogP contribution in [0.3, 0.4) is 0 Å². The Balaban J connectivity index is 2.29. The molecule has 2 N–H and O–H groups in total. The molecule has 1 aliphatic rings. The van der Waals surface area contributed by atoms with E-state index in [1.165, 1.54) is 18.9 Å². The number of anilines is 1. The third kappa shape index (κ3) is 4.75. The van der Waals surface area contributed by atoms with Gasteiger partial charge in [-0.05, 0) is 36.4 Å². The molecule has 0 fully saturated rings. The number of aromatic nitrogens is 1. The summed E-state index contributed by atoms with van der Waals surface area (Å²) in [5, 5.41) is 15.4. The molecule has 0 aliphatic carbocycles. The fourth-order valence-electron chi connectivity index (χ4n) is 3.16. The first kappa shape index (κ1) is 22.0. The predicted octanol–water partition coefficient (Wildman–Crippen LogP) is 1.79. The second-order valence-electron chi connectivity index (χ2n) is 7.27. The topological polar surface area (TPSA) is 152 Å².